The molecule has 0 aromatic carbocycles. The third-order valence-corrected chi connectivity index (χ3v) is 3.11. The molecule has 2 rings (SSSR count). The van der Waals surface area contributed by atoms with Crippen molar-refractivity contribution in [1.29, 1.82) is 0 Å². The van der Waals surface area contributed by atoms with Gasteiger partial charge in [0.05, 0.1) is 12.7 Å². The van der Waals surface area contributed by atoms with Crippen LogP contribution in [0.25, 0.3) is 0 Å². The molecule has 0 amide bonds. The fourth-order valence-corrected chi connectivity index (χ4v) is 2.23. The highest BCUT2D eigenvalue weighted by molar-refractivity contribution is 5.39. The second-order valence-corrected chi connectivity index (χ2v) is 4.61. The van der Waals surface area contributed by atoms with Gasteiger partial charge >= 0.3 is 0 Å². The van der Waals surface area contributed by atoms with Crippen LogP contribution in [0.3, 0.4) is 0 Å². The Hall–Kier alpha value is -1.20. The fraction of sp³-hybridized carbons (Fsp3) is 0.692. The van der Waals surface area contributed by atoms with Crippen molar-refractivity contribution in [2.24, 2.45) is 0 Å². The van der Waals surface area contributed by atoms with Gasteiger partial charge in [0.15, 0.2) is 0 Å². The molecule has 1 fully saturated rings. The zero-order valence-electron chi connectivity index (χ0n) is 11.2. The third kappa shape index (κ3) is 3.40. The van der Waals surface area contributed by atoms with Crippen molar-refractivity contribution >= 4 is 5.82 Å². The molecule has 1 aliphatic rings. The minimum atomic E-state index is 0.244. The van der Waals surface area contributed by atoms with Crippen LogP contribution in [-0.2, 0) is 11.2 Å². The third-order valence-electron chi connectivity index (χ3n) is 3.11. The van der Waals surface area contributed by atoms with E-state index in [9.17, 15) is 0 Å². The summed E-state index contributed by atoms with van der Waals surface area (Å²) in [7, 11) is 1.95. The molecular formula is C13H22N4O. The van der Waals surface area contributed by atoms with E-state index in [1.165, 1.54) is 0 Å². The molecule has 1 aromatic heterocycles. The Kier molecular flexibility index (Phi) is 4.90. The first-order valence-corrected chi connectivity index (χ1v) is 6.65. The van der Waals surface area contributed by atoms with Crippen LogP contribution >= 0.6 is 0 Å². The lowest BCUT2D eigenvalue weighted by molar-refractivity contribution is 0.0419. The van der Waals surface area contributed by atoms with Crippen molar-refractivity contribution < 1.29 is 4.74 Å². The second kappa shape index (κ2) is 6.66. The molecule has 100 valence electrons. The highest BCUT2D eigenvalue weighted by Gasteiger charge is 2.21. The van der Waals surface area contributed by atoms with Crippen LogP contribution < -0.4 is 10.2 Å². The average Bonchev–Trinajstić information content (AvgIpc) is 2.40. The Bertz CT molecular complexity index is 370. The summed E-state index contributed by atoms with van der Waals surface area (Å²) in [4.78, 5) is 11.0. The molecule has 1 saturated heterocycles. The first kappa shape index (κ1) is 13.2. The number of likely N-dealkylation sites (N-methyl/N-ethyl adjacent to an activating group) is 1. The molecule has 2 heterocycles. The lowest BCUT2D eigenvalue weighted by atomic mass is 10.2. The van der Waals surface area contributed by atoms with Crippen molar-refractivity contribution in [3.8, 4) is 0 Å². The van der Waals surface area contributed by atoms with Gasteiger partial charge in [-0.15, -0.1) is 0 Å². The Morgan fingerprint density at radius 1 is 1.50 bits per heavy atom. The quantitative estimate of drug-likeness (QED) is 0.840. The number of rotatable bonds is 5. The van der Waals surface area contributed by atoms with Gasteiger partial charge in [0.2, 0.25) is 0 Å². The van der Waals surface area contributed by atoms with E-state index in [4.69, 9.17) is 4.74 Å². The zero-order valence-corrected chi connectivity index (χ0v) is 11.2. The van der Waals surface area contributed by atoms with Crippen LogP contribution in [0.15, 0.2) is 12.4 Å². The molecule has 0 aliphatic carbocycles. The summed E-state index contributed by atoms with van der Waals surface area (Å²) in [6.45, 7) is 5.61. The highest BCUT2D eigenvalue weighted by atomic mass is 16.5. The number of anilines is 1. The van der Waals surface area contributed by atoms with Crippen molar-refractivity contribution in [2.45, 2.75) is 25.9 Å². The topological polar surface area (TPSA) is 50.3 Å². The first-order chi connectivity index (χ1) is 8.83. The SMILES string of the molecule is CCCc1cc(N2CCOC(CNC)C2)ncn1. The van der Waals surface area contributed by atoms with Crippen LogP contribution in [0.5, 0.6) is 0 Å². The Morgan fingerprint density at radius 2 is 2.39 bits per heavy atom. The number of aryl methyl sites for hydroxylation is 1. The van der Waals surface area contributed by atoms with Crippen molar-refractivity contribution in [3.63, 3.8) is 0 Å². The van der Waals surface area contributed by atoms with Crippen molar-refractivity contribution in [3.05, 3.63) is 18.1 Å². The number of morpholine rings is 1. The van der Waals surface area contributed by atoms with Crippen LogP contribution in [0, 0.1) is 0 Å². The number of aromatic nitrogens is 2. The summed E-state index contributed by atoms with van der Waals surface area (Å²) in [5.74, 6) is 1.03. The number of ether oxygens (including phenoxy) is 1. The molecule has 18 heavy (non-hydrogen) atoms. The van der Waals surface area contributed by atoms with Crippen LogP contribution in [0.4, 0.5) is 5.82 Å². The van der Waals surface area contributed by atoms with Crippen LogP contribution in [0.1, 0.15) is 19.0 Å². The van der Waals surface area contributed by atoms with E-state index in [-0.39, 0.29) is 6.10 Å². The summed E-state index contributed by atoms with van der Waals surface area (Å²) in [5.41, 5.74) is 1.12. The molecular weight excluding hydrogens is 228 g/mol. The average molecular weight is 250 g/mol. The molecule has 1 aromatic rings. The number of hydrogen-bond donors (Lipinski definition) is 1. The van der Waals surface area contributed by atoms with Gasteiger partial charge in [0.1, 0.15) is 12.1 Å². The monoisotopic (exact) mass is 250 g/mol. The van der Waals surface area contributed by atoms with E-state index >= 15 is 0 Å². The van der Waals surface area contributed by atoms with Gasteiger partial charge in [-0.1, -0.05) is 13.3 Å². The summed E-state index contributed by atoms with van der Waals surface area (Å²) in [5, 5.41) is 3.16. The minimum Gasteiger partial charge on any atom is -0.373 e. The second-order valence-electron chi connectivity index (χ2n) is 4.61. The molecule has 5 heteroatoms. The van der Waals surface area contributed by atoms with Gasteiger partial charge in [-0.05, 0) is 13.5 Å². The van der Waals surface area contributed by atoms with Crippen LogP contribution in [-0.4, -0.2) is 49.4 Å². The van der Waals surface area contributed by atoms with E-state index in [2.05, 4.69) is 33.2 Å². The molecule has 0 bridgehead atoms. The summed E-state index contributed by atoms with van der Waals surface area (Å²) < 4.78 is 5.70. The smallest absolute Gasteiger partial charge is 0.132 e. The number of nitrogens with zero attached hydrogens (tertiary/aromatic N) is 3. The van der Waals surface area contributed by atoms with Crippen molar-refractivity contribution in [2.75, 3.05) is 38.2 Å². The Labute approximate surface area is 109 Å². The van der Waals surface area contributed by atoms with Gasteiger partial charge in [-0.2, -0.15) is 0 Å². The molecule has 0 radical (unpaired) electrons. The van der Waals surface area contributed by atoms with Gasteiger partial charge in [0.25, 0.3) is 0 Å². The molecule has 0 spiro atoms. The zero-order chi connectivity index (χ0) is 12.8. The molecule has 1 N–H and O–H groups in total. The molecule has 1 atom stereocenters. The van der Waals surface area contributed by atoms with Crippen molar-refractivity contribution in [1.82, 2.24) is 15.3 Å². The van der Waals surface area contributed by atoms with E-state index in [0.717, 1.165) is 50.6 Å². The normalized spacial score (nSPS) is 20.1. The summed E-state index contributed by atoms with van der Waals surface area (Å²) >= 11 is 0. The lowest BCUT2D eigenvalue weighted by Gasteiger charge is -2.33. The molecule has 5 nitrogen and oxygen atoms in total. The predicted octanol–water partition coefficient (Wildman–Crippen LogP) is 0.854. The van der Waals surface area contributed by atoms with Gasteiger partial charge < -0.3 is 15.0 Å². The lowest BCUT2D eigenvalue weighted by Crippen LogP contribution is -2.46. The van der Waals surface area contributed by atoms with Gasteiger partial charge in [-0.3, -0.25) is 0 Å². The Morgan fingerprint density at radius 3 is 3.17 bits per heavy atom. The summed E-state index contributed by atoms with van der Waals surface area (Å²) in [6, 6.07) is 2.10. The van der Waals surface area contributed by atoms with Gasteiger partial charge in [-0.25, -0.2) is 9.97 Å². The van der Waals surface area contributed by atoms with Gasteiger partial charge in [0, 0.05) is 31.4 Å². The van der Waals surface area contributed by atoms with Crippen LogP contribution in [0.2, 0.25) is 0 Å². The number of nitrogens with one attached hydrogen (secondary N) is 1. The minimum absolute atomic E-state index is 0.244. The Balaban J connectivity index is 2.03. The molecule has 1 aliphatic heterocycles. The highest BCUT2D eigenvalue weighted by Crippen LogP contribution is 2.15. The largest absolute Gasteiger partial charge is 0.373 e. The van der Waals surface area contributed by atoms with E-state index in [1.807, 2.05) is 7.05 Å². The first-order valence-electron chi connectivity index (χ1n) is 6.65. The maximum atomic E-state index is 5.70. The van der Waals surface area contributed by atoms with E-state index < -0.39 is 0 Å². The van der Waals surface area contributed by atoms with E-state index in [0.29, 0.717) is 0 Å². The predicted molar refractivity (Wildman–Crippen MR) is 71.9 cm³/mol. The maximum Gasteiger partial charge on any atom is 0.132 e. The summed E-state index contributed by atoms with van der Waals surface area (Å²) in [6.07, 6.45) is 4.04. The maximum absolute atomic E-state index is 5.70. The van der Waals surface area contributed by atoms with E-state index in [1.54, 1.807) is 6.33 Å². The molecule has 1 unspecified atom stereocenters. The molecule has 0 saturated carbocycles. The standard InChI is InChI=1S/C13H22N4O/c1-3-4-11-7-13(16-10-15-11)17-5-6-18-12(9-17)8-14-2/h7,10,12,14H,3-6,8-9H2,1-2H3. The number of hydrogen-bond acceptors (Lipinski definition) is 5. The fourth-order valence-electron chi connectivity index (χ4n) is 2.23.